The molecular formula is C12H15N3. The summed E-state index contributed by atoms with van der Waals surface area (Å²) in [5.74, 6) is 0. The van der Waals surface area contributed by atoms with Crippen LogP contribution in [0.1, 0.15) is 32.4 Å². The van der Waals surface area contributed by atoms with E-state index in [4.69, 9.17) is 5.26 Å². The van der Waals surface area contributed by atoms with Gasteiger partial charge in [0.1, 0.15) is 6.07 Å². The summed E-state index contributed by atoms with van der Waals surface area (Å²) in [4.78, 5) is 6.39. The van der Waals surface area contributed by atoms with Gasteiger partial charge in [0.15, 0.2) is 5.69 Å². The maximum absolute atomic E-state index is 9.01. The van der Waals surface area contributed by atoms with E-state index in [0.29, 0.717) is 5.69 Å². The van der Waals surface area contributed by atoms with Gasteiger partial charge in [0.25, 0.3) is 0 Å². The fourth-order valence-electron chi connectivity index (χ4n) is 2.25. The average molecular weight is 201 g/mol. The lowest BCUT2D eigenvalue weighted by Crippen LogP contribution is -2.38. The van der Waals surface area contributed by atoms with Gasteiger partial charge in [-0.3, -0.25) is 0 Å². The van der Waals surface area contributed by atoms with Gasteiger partial charge in [-0.25, -0.2) is 4.98 Å². The van der Waals surface area contributed by atoms with Crippen molar-refractivity contribution in [1.29, 1.82) is 5.26 Å². The van der Waals surface area contributed by atoms with E-state index in [9.17, 15) is 0 Å². The molecule has 1 aliphatic heterocycles. The first-order chi connectivity index (χ1) is 7.15. The number of anilines is 1. The minimum Gasteiger partial charge on any atom is -0.364 e. The number of hydrogen-bond donors (Lipinski definition) is 0. The average Bonchev–Trinajstić information content (AvgIpc) is 2.58. The Morgan fingerprint density at radius 1 is 1.53 bits per heavy atom. The van der Waals surface area contributed by atoms with Gasteiger partial charge < -0.3 is 4.90 Å². The molecule has 0 aromatic carbocycles. The van der Waals surface area contributed by atoms with Crippen LogP contribution in [0.5, 0.6) is 0 Å². The van der Waals surface area contributed by atoms with E-state index in [2.05, 4.69) is 29.8 Å². The maximum Gasteiger partial charge on any atom is 0.163 e. The predicted octanol–water partition coefficient (Wildman–Crippen LogP) is 2.33. The molecular weight excluding hydrogens is 186 g/mol. The zero-order valence-corrected chi connectivity index (χ0v) is 9.20. The van der Waals surface area contributed by atoms with Crippen LogP contribution in [0.3, 0.4) is 0 Å². The van der Waals surface area contributed by atoms with Crippen molar-refractivity contribution in [3.05, 3.63) is 24.0 Å². The lowest BCUT2D eigenvalue weighted by molar-refractivity contribution is 0.517. The minimum absolute atomic E-state index is 0.147. The normalized spacial score (nSPS) is 18.9. The molecule has 0 bridgehead atoms. The van der Waals surface area contributed by atoms with Crippen molar-refractivity contribution in [2.45, 2.75) is 32.2 Å². The Kier molecular flexibility index (Phi) is 2.36. The van der Waals surface area contributed by atoms with E-state index in [1.807, 2.05) is 12.1 Å². The number of nitriles is 1. The highest BCUT2D eigenvalue weighted by Crippen LogP contribution is 2.34. The Morgan fingerprint density at radius 2 is 2.33 bits per heavy atom. The highest BCUT2D eigenvalue weighted by atomic mass is 15.2. The monoisotopic (exact) mass is 201 g/mol. The first-order valence-corrected chi connectivity index (χ1v) is 5.28. The fraction of sp³-hybridized carbons (Fsp3) is 0.500. The molecule has 0 spiro atoms. The lowest BCUT2D eigenvalue weighted by atomic mass is 10.0. The van der Waals surface area contributed by atoms with Crippen LogP contribution in [0.25, 0.3) is 0 Å². The summed E-state index contributed by atoms with van der Waals surface area (Å²) in [7, 11) is 0. The molecule has 0 amide bonds. The van der Waals surface area contributed by atoms with Crippen LogP contribution in [0, 0.1) is 11.3 Å². The van der Waals surface area contributed by atoms with Crippen LogP contribution in [-0.4, -0.2) is 17.1 Å². The van der Waals surface area contributed by atoms with Crippen molar-refractivity contribution in [1.82, 2.24) is 4.98 Å². The van der Waals surface area contributed by atoms with Crippen LogP contribution >= 0.6 is 0 Å². The summed E-state index contributed by atoms with van der Waals surface area (Å²) in [6.45, 7) is 5.45. The molecule has 1 aliphatic rings. The summed E-state index contributed by atoms with van der Waals surface area (Å²) in [5.41, 5.74) is 1.66. The third-order valence-corrected chi connectivity index (χ3v) is 3.08. The Balaban J connectivity index is 2.42. The summed E-state index contributed by atoms with van der Waals surface area (Å²) in [6.07, 6.45) is 4.03. The SMILES string of the molecule is CC1(C)CCCN1c1cccnc1C#N. The second-order valence-corrected chi connectivity index (χ2v) is 4.55. The van der Waals surface area contributed by atoms with Crippen LogP contribution in [-0.2, 0) is 0 Å². The second-order valence-electron chi connectivity index (χ2n) is 4.55. The second kappa shape index (κ2) is 3.54. The van der Waals surface area contributed by atoms with Crippen molar-refractivity contribution < 1.29 is 0 Å². The molecule has 3 nitrogen and oxygen atoms in total. The summed E-state index contributed by atoms with van der Waals surface area (Å²) in [5, 5.41) is 9.01. The molecule has 1 fully saturated rings. The summed E-state index contributed by atoms with van der Waals surface area (Å²) < 4.78 is 0. The van der Waals surface area contributed by atoms with Crippen molar-refractivity contribution in [2.24, 2.45) is 0 Å². The smallest absolute Gasteiger partial charge is 0.163 e. The lowest BCUT2D eigenvalue weighted by Gasteiger charge is -2.33. The van der Waals surface area contributed by atoms with Gasteiger partial charge >= 0.3 is 0 Å². The van der Waals surface area contributed by atoms with Crippen molar-refractivity contribution >= 4 is 5.69 Å². The van der Waals surface area contributed by atoms with Crippen molar-refractivity contribution in [3.63, 3.8) is 0 Å². The molecule has 78 valence electrons. The van der Waals surface area contributed by atoms with Gasteiger partial charge in [0.2, 0.25) is 0 Å². The van der Waals surface area contributed by atoms with E-state index in [1.54, 1.807) is 6.20 Å². The first-order valence-electron chi connectivity index (χ1n) is 5.28. The summed E-state index contributed by atoms with van der Waals surface area (Å²) in [6, 6.07) is 6.04. The van der Waals surface area contributed by atoms with E-state index in [0.717, 1.165) is 12.2 Å². The molecule has 0 N–H and O–H groups in total. The highest BCUT2D eigenvalue weighted by Gasteiger charge is 2.33. The molecule has 3 heteroatoms. The first kappa shape index (κ1) is 9.97. The van der Waals surface area contributed by atoms with Crippen LogP contribution < -0.4 is 4.90 Å². The largest absolute Gasteiger partial charge is 0.364 e. The zero-order chi connectivity index (χ0) is 10.9. The number of hydrogen-bond acceptors (Lipinski definition) is 3. The zero-order valence-electron chi connectivity index (χ0n) is 9.20. The Labute approximate surface area is 90.4 Å². The fourth-order valence-corrected chi connectivity index (χ4v) is 2.25. The highest BCUT2D eigenvalue weighted by molar-refractivity contribution is 5.58. The molecule has 1 aromatic rings. The van der Waals surface area contributed by atoms with Crippen molar-refractivity contribution in [2.75, 3.05) is 11.4 Å². The molecule has 2 rings (SSSR count). The molecule has 2 heterocycles. The van der Waals surface area contributed by atoms with Gasteiger partial charge in [0, 0.05) is 18.3 Å². The minimum atomic E-state index is 0.147. The quantitative estimate of drug-likeness (QED) is 0.700. The van der Waals surface area contributed by atoms with Crippen LogP contribution in [0.4, 0.5) is 5.69 Å². The molecule has 0 radical (unpaired) electrons. The molecule has 1 aromatic heterocycles. The molecule has 0 unspecified atom stereocenters. The van der Waals surface area contributed by atoms with Crippen LogP contribution in [0.2, 0.25) is 0 Å². The van der Waals surface area contributed by atoms with Gasteiger partial charge in [-0.1, -0.05) is 0 Å². The molecule has 0 atom stereocenters. The number of rotatable bonds is 1. The maximum atomic E-state index is 9.01. The van der Waals surface area contributed by atoms with E-state index in [1.165, 1.54) is 12.8 Å². The van der Waals surface area contributed by atoms with Gasteiger partial charge in [-0.2, -0.15) is 5.26 Å². The summed E-state index contributed by atoms with van der Waals surface area (Å²) >= 11 is 0. The third kappa shape index (κ3) is 1.68. The van der Waals surface area contributed by atoms with E-state index >= 15 is 0 Å². The van der Waals surface area contributed by atoms with Gasteiger partial charge in [-0.05, 0) is 38.8 Å². The molecule has 0 aliphatic carbocycles. The molecule has 0 saturated carbocycles. The standard InChI is InChI=1S/C12H15N3/c1-12(2)6-4-8-15(12)11-5-3-7-14-10(11)9-13/h3,5,7H,4,6,8H2,1-2H3. The number of nitrogens with zero attached hydrogens (tertiary/aromatic N) is 3. The topological polar surface area (TPSA) is 39.9 Å². The number of pyridine rings is 1. The molecule has 1 saturated heterocycles. The van der Waals surface area contributed by atoms with Crippen molar-refractivity contribution in [3.8, 4) is 6.07 Å². The van der Waals surface area contributed by atoms with Crippen LogP contribution in [0.15, 0.2) is 18.3 Å². The van der Waals surface area contributed by atoms with E-state index < -0.39 is 0 Å². The Hall–Kier alpha value is -1.56. The van der Waals surface area contributed by atoms with Gasteiger partial charge in [0.05, 0.1) is 5.69 Å². The predicted molar refractivity (Wildman–Crippen MR) is 59.6 cm³/mol. The molecule has 15 heavy (non-hydrogen) atoms. The van der Waals surface area contributed by atoms with Gasteiger partial charge in [-0.15, -0.1) is 0 Å². The third-order valence-electron chi connectivity index (χ3n) is 3.08. The Morgan fingerprint density at radius 3 is 2.93 bits per heavy atom. The Bertz CT molecular complexity index is 404. The number of aromatic nitrogens is 1. The van der Waals surface area contributed by atoms with E-state index in [-0.39, 0.29) is 5.54 Å².